The quantitative estimate of drug-likeness (QED) is 0.679. The summed E-state index contributed by atoms with van der Waals surface area (Å²) in [5.74, 6) is 0.808. The monoisotopic (exact) mass is 415 g/mol. The molecule has 0 aromatic heterocycles. The van der Waals surface area contributed by atoms with Gasteiger partial charge in [0.2, 0.25) is 0 Å². The molecular formula is C24H37N3O3. The van der Waals surface area contributed by atoms with E-state index in [1.165, 1.54) is 6.42 Å². The van der Waals surface area contributed by atoms with Gasteiger partial charge in [0.1, 0.15) is 5.60 Å². The molecule has 0 saturated carbocycles. The van der Waals surface area contributed by atoms with Gasteiger partial charge in [0.15, 0.2) is 5.78 Å². The van der Waals surface area contributed by atoms with Crippen LogP contribution >= 0.6 is 0 Å². The first-order valence-electron chi connectivity index (χ1n) is 11.3. The Hall–Kier alpha value is -2.08. The van der Waals surface area contributed by atoms with Gasteiger partial charge in [-0.1, -0.05) is 12.1 Å². The normalized spacial score (nSPS) is 19.1. The number of carbonyl (C=O) groups is 2. The molecule has 3 rings (SSSR count). The summed E-state index contributed by atoms with van der Waals surface area (Å²) in [5.41, 5.74) is 1.51. The Morgan fingerprint density at radius 2 is 1.70 bits per heavy atom. The number of piperazine rings is 1. The molecule has 0 N–H and O–H groups in total. The molecule has 2 aliphatic rings. The number of anilines is 1. The van der Waals surface area contributed by atoms with E-state index in [2.05, 4.69) is 15.9 Å². The van der Waals surface area contributed by atoms with Crippen LogP contribution in [-0.4, -0.2) is 73.1 Å². The molecule has 0 atom stereocenters. The van der Waals surface area contributed by atoms with Crippen molar-refractivity contribution in [3.8, 4) is 0 Å². The highest BCUT2D eigenvalue weighted by atomic mass is 16.6. The molecule has 0 radical (unpaired) electrons. The topological polar surface area (TPSA) is 53.1 Å². The molecular weight excluding hydrogens is 378 g/mol. The van der Waals surface area contributed by atoms with Gasteiger partial charge in [0.25, 0.3) is 0 Å². The van der Waals surface area contributed by atoms with Crippen molar-refractivity contribution in [3.05, 3.63) is 29.8 Å². The Labute approximate surface area is 181 Å². The van der Waals surface area contributed by atoms with Crippen molar-refractivity contribution < 1.29 is 14.3 Å². The first kappa shape index (κ1) is 22.6. The third kappa shape index (κ3) is 6.46. The summed E-state index contributed by atoms with van der Waals surface area (Å²) in [5, 5.41) is 0. The molecule has 1 amide bonds. The highest BCUT2D eigenvalue weighted by molar-refractivity contribution is 5.95. The lowest BCUT2D eigenvalue weighted by Crippen LogP contribution is -2.47. The Morgan fingerprint density at radius 3 is 2.30 bits per heavy atom. The Bertz CT molecular complexity index is 727. The summed E-state index contributed by atoms with van der Waals surface area (Å²) in [4.78, 5) is 30.6. The predicted molar refractivity (Wildman–Crippen MR) is 120 cm³/mol. The molecule has 0 aliphatic carbocycles. The molecule has 2 saturated heterocycles. The standard InChI is InChI=1S/C24H37N3O3/c1-19(28)21-6-5-7-22(18-21)26-16-14-25(15-17-26)11-8-20-9-12-27(13-10-20)23(29)30-24(2,3)4/h5-7,18,20H,8-17H2,1-4H3. The van der Waals surface area contributed by atoms with Crippen molar-refractivity contribution in [2.24, 2.45) is 5.92 Å². The number of hydrogen-bond donors (Lipinski definition) is 0. The van der Waals surface area contributed by atoms with Gasteiger partial charge in [-0.05, 0) is 71.6 Å². The molecule has 2 aliphatic heterocycles. The first-order chi connectivity index (χ1) is 14.2. The highest BCUT2D eigenvalue weighted by Gasteiger charge is 2.27. The van der Waals surface area contributed by atoms with E-state index in [1.54, 1.807) is 6.92 Å². The fourth-order valence-corrected chi connectivity index (χ4v) is 4.25. The summed E-state index contributed by atoms with van der Waals surface area (Å²) < 4.78 is 5.49. The molecule has 2 fully saturated rings. The van der Waals surface area contributed by atoms with Crippen molar-refractivity contribution >= 4 is 17.6 Å². The average molecular weight is 416 g/mol. The molecule has 1 aromatic carbocycles. The van der Waals surface area contributed by atoms with Crippen LogP contribution in [0.25, 0.3) is 0 Å². The van der Waals surface area contributed by atoms with Gasteiger partial charge in [-0.2, -0.15) is 0 Å². The number of carbonyl (C=O) groups excluding carboxylic acids is 2. The number of ketones is 1. The van der Waals surface area contributed by atoms with E-state index in [0.717, 1.165) is 69.9 Å². The minimum absolute atomic E-state index is 0.119. The minimum Gasteiger partial charge on any atom is -0.444 e. The van der Waals surface area contributed by atoms with Crippen LogP contribution in [0.15, 0.2) is 24.3 Å². The number of ether oxygens (including phenoxy) is 1. The Morgan fingerprint density at radius 1 is 1.03 bits per heavy atom. The van der Waals surface area contributed by atoms with Gasteiger partial charge < -0.3 is 14.5 Å². The fraction of sp³-hybridized carbons (Fsp3) is 0.667. The van der Waals surface area contributed by atoms with Crippen molar-refractivity contribution in [1.29, 1.82) is 0 Å². The SMILES string of the molecule is CC(=O)c1cccc(N2CCN(CCC3CCN(C(=O)OC(C)(C)C)CC3)CC2)c1. The summed E-state index contributed by atoms with van der Waals surface area (Å²) in [6.45, 7) is 14.2. The van der Waals surface area contributed by atoms with Crippen LogP contribution in [0.2, 0.25) is 0 Å². The van der Waals surface area contributed by atoms with Gasteiger partial charge in [-0.3, -0.25) is 9.69 Å². The summed E-state index contributed by atoms with van der Waals surface area (Å²) in [7, 11) is 0. The maximum absolute atomic E-state index is 12.2. The summed E-state index contributed by atoms with van der Waals surface area (Å²) in [6, 6.07) is 7.97. The molecule has 2 heterocycles. The van der Waals surface area contributed by atoms with Gasteiger partial charge in [-0.25, -0.2) is 4.79 Å². The Balaban J connectivity index is 1.37. The van der Waals surface area contributed by atoms with Gasteiger partial charge in [0, 0.05) is 50.5 Å². The largest absolute Gasteiger partial charge is 0.444 e. The van der Waals surface area contributed by atoms with E-state index in [-0.39, 0.29) is 11.9 Å². The van der Waals surface area contributed by atoms with Crippen LogP contribution < -0.4 is 4.90 Å². The van der Waals surface area contributed by atoms with Crippen LogP contribution in [0, 0.1) is 5.92 Å². The molecule has 0 unspecified atom stereocenters. The minimum atomic E-state index is -0.427. The second-order valence-electron chi connectivity index (χ2n) is 9.63. The van der Waals surface area contributed by atoms with Crippen molar-refractivity contribution in [3.63, 3.8) is 0 Å². The van der Waals surface area contributed by atoms with E-state index >= 15 is 0 Å². The van der Waals surface area contributed by atoms with Gasteiger partial charge >= 0.3 is 6.09 Å². The van der Waals surface area contributed by atoms with E-state index in [9.17, 15) is 9.59 Å². The Kier molecular flexibility index (Phi) is 7.40. The summed E-state index contributed by atoms with van der Waals surface area (Å²) >= 11 is 0. The number of benzene rings is 1. The zero-order valence-electron chi connectivity index (χ0n) is 19.0. The van der Waals surface area contributed by atoms with Crippen LogP contribution in [0.3, 0.4) is 0 Å². The number of Topliss-reactive ketones (excluding diaryl/α,β-unsaturated/α-hetero) is 1. The third-order valence-corrected chi connectivity index (χ3v) is 6.11. The molecule has 0 bridgehead atoms. The number of amides is 1. The zero-order valence-corrected chi connectivity index (χ0v) is 19.0. The second kappa shape index (κ2) is 9.82. The molecule has 6 nitrogen and oxygen atoms in total. The number of piperidine rings is 1. The summed E-state index contributed by atoms with van der Waals surface area (Å²) in [6.07, 6.45) is 3.15. The van der Waals surface area contributed by atoms with Crippen LogP contribution in [0.5, 0.6) is 0 Å². The van der Waals surface area contributed by atoms with Crippen LogP contribution in [0.4, 0.5) is 10.5 Å². The lowest BCUT2D eigenvalue weighted by Gasteiger charge is -2.38. The van der Waals surface area contributed by atoms with Crippen molar-refractivity contribution in [2.45, 2.75) is 52.6 Å². The maximum atomic E-state index is 12.2. The molecule has 6 heteroatoms. The smallest absolute Gasteiger partial charge is 0.410 e. The average Bonchev–Trinajstić information content (AvgIpc) is 2.72. The maximum Gasteiger partial charge on any atom is 0.410 e. The molecule has 166 valence electrons. The number of rotatable bonds is 5. The number of hydrogen-bond acceptors (Lipinski definition) is 5. The van der Waals surface area contributed by atoms with Crippen molar-refractivity contribution in [1.82, 2.24) is 9.80 Å². The lowest BCUT2D eigenvalue weighted by atomic mass is 9.93. The van der Waals surface area contributed by atoms with Crippen LogP contribution in [0.1, 0.15) is 57.3 Å². The van der Waals surface area contributed by atoms with Gasteiger partial charge in [0.05, 0.1) is 0 Å². The number of nitrogens with zero attached hydrogens (tertiary/aromatic N) is 3. The zero-order chi connectivity index (χ0) is 21.7. The number of likely N-dealkylation sites (tertiary alicyclic amines) is 1. The lowest BCUT2D eigenvalue weighted by molar-refractivity contribution is 0.0177. The van der Waals surface area contributed by atoms with Gasteiger partial charge in [-0.15, -0.1) is 0 Å². The van der Waals surface area contributed by atoms with E-state index in [1.807, 2.05) is 43.9 Å². The van der Waals surface area contributed by atoms with E-state index in [0.29, 0.717) is 5.92 Å². The van der Waals surface area contributed by atoms with E-state index in [4.69, 9.17) is 4.74 Å². The third-order valence-electron chi connectivity index (χ3n) is 6.11. The molecule has 30 heavy (non-hydrogen) atoms. The van der Waals surface area contributed by atoms with Crippen LogP contribution in [-0.2, 0) is 4.74 Å². The molecule has 0 spiro atoms. The fourth-order valence-electron chi connectivity index (χ4n) is 4.25. The first-order valence-corrected chi connectivity index (χ1v) is 11.3. The van der Waals surface area contributed by atoms with E-state index < -0.39 is 5.60 Å². The van der Waals surface area contributed by atoms with Crippen molar-refractivity contribution in [2.75, 3.05) is 50.7 Å². The predicted octanol–water partition coefficient (Wildman–Crippen LogP) is 4.05. The highest BCUT2D eigenvalue weighted by Crippen LogP contribution is 2.24. The molecule has 1 aromatic rings. The second-order valence-corrected chi connectivity index (χ2v) is 9.63.